The van der Waals surface area contributed by atoms with Crippen LogP contribution in [-0.4, -0.2) is 63.2 Å². The van der Waals surface area contributed by atoms with Gasteiger partial charge in [0.25, 0.3) is 0 Å². The van der Waals surface area contributed by atoms with E-state index in [1.54, 1.807) is 30.3 Å². The highest BCUT2D eigenvalue weighted by Crippen LogP contribution is 2.36. The molecule has 3 aliphatic heterocycles. The number of carbonyl (C=O) groups is 2. The van der Waals surface area contributed by atoms with Gasteiger partial charge in [-0.1, -0.05) is 60.7 Å². The average molecular weight is 458 g/mol. The van der Waals surface area contributed by atoms with Crippen molar-refractivity contribution in [2.24, 2.45) is 5.92 Å². The van der Waals surface area contributed by atoms with E-state index in [0.29, 0.717) is 28.7 Å². The second kappa shape index (κ2) is 9.13. The number of ether oxygens (including phenoxy) is 1. The number of piperidine rings is 3. The lowest BCUT2D eigenvalue weighted by Crippen LogP contribution is -2.66. The molecule has 2 bridgehead atoms. The summed E-state index contributed by atoms with van der Waals surface area (Å²) in [6, 6.07) is 16.9. The van der Waals surface area contributed by atoms with Crippen molar-refractivity contribution in [1.82, 2.24) is 4.72 Å². The fraction of sp³-hybridized carbons (Fsp3) is 0.417. The molecule has 0 aromatic heterocycles. The fourth-order valence-corrected chi connectivity index (χ4v) is 5.59. The van der Waals surface area contributed by atoms with Crippen LogP contribution in [0.5, 0.6) is 0 Å². The summed E-state index contributed by atoms with van der Waals surface area (Å²) in [6.45, 7) is 2.74. The Bertz CT molecular complexity index is 1060. The second-order valence-corrected chi connectivity index (χ2v) is 10.7. The molecule has 3 heterocycles. The number of sulfonamides is 1. The number of ketones is 1. The Kier molecular flexibility index (Phi) is 6.46. The first-order chi connectivity index (χ1) is 15.2. The molecule has 5 rings (SSSR count). The van der Waals surface area contributed by atoms with Crippen LogP contribution in [0.3, 0.4) is 0 Å². The van der Waals surface area contributed by atoms with Crippen molar-refractivity contribution in [1.29, 1.82) is 0 Å². The average Bonchev–Trinajstić information content (AvgIpc) is 2.78. The van der Waals surface area contributed by atoms with E-state index in [4.69, 9.17) is 4.74 Å². The molecular formula is C24H29N2O5S+. The summed E-state index contributed by atoms with van der Waals surface area (Å²) in [4.78, 5) is 26.0. The number of nitrogens with zero attached hydrogens (tertiary/aromatic N) is 1. The molecule has 0 saturated carbocycles. The van der Waals surface area contributed by atoms with E-state index >= 15 is 0 Å². The van der Waals surface area contributed by atoms with Gasteiger partial charge < -0.3 is 9.22 Å². The minimum absolute atomic E-state index is 0.0944. The lowest BCUT2D eigenvalue weighted by molar-refractivity contribution is -0.938. The zero-order valence-corrected chi connectivity index (χ0v) is 19.0. The minimum atomic E-state index is -3.63. The second-order valence-electron chi connectivity index (χ2n) is 8.97. The van der Waals surface area contributed by atoms with Gasteiger partial charge in [-0.2, -0.15) is 4.72 Å². The molecule has 170 valence electrons. The summed E-state index contributed by atoms with van der Waals surface area (Å²) in [7, 11) is -3.63. The summed E-state index contributed by atoms with van der Waals surface area (Å²) < 4.78 is 32.7. The van der Waals surface area contributed by atoms with Gasteiger partial charge in [0.2, 0.25) is 15.8 Å². The van der Waals surface area contributed by atoms with Gasteiger partial charge in [0.15, 0.2) is 6.10 Å². The molecule has 1 unspecified atom stereocenters. The molecular weight excluding hydrogens is 428 g/mol. The number of hydrogen-bond donors (Lipinski definition) is 1. The van der Waals surface area contributed by atoms with E-state index in [2.05, 4.69) is 4.72 Å². The maximum Gasteiger partial charge on any atom is 0.329 e. The Morgan fingerprint density at radius 3 is 2.22 bits per heavy atom. The zero-order chi connectivity index (χ0) is 22.8. The van der Waals surface area contributed by atoms with Gasteiger partial charge in [-0.05, 0) is 5.56 Å². The Labute approximate surface area is 189 Å². The van der Waals surface area contributed by atoms with E-state index in [1.165, 1.54) is 0 Å². The normalized spacial score (nSPS) is 25.8. The summed E-state index contributed by atoms with van der Waals surface area (Å²) in [5.74, 6) is -0.273. The Morgan fingerprint density at radius 2 is 1.62 bits per heavy atom. The van der Waals surface area contributed by atoms with Crippen molar-refractivity contribution >= 4 is 21.8 Å². The molecule has 0 spiro atoms. The Balaban J connectivity index is 1.48. The molecule has 0 aliphatic carbocycles. The van der Waals surface area contributed by atoms with Crippen molar-refractivity contribution < 1.29 is 27.2 Å². The number of nitrogens with one attached hydrogen (secondary N) is 1. The van der Waals surface area contributed by atoms with Gasteiger partial charge in [-0.25, -0.2) is 13.2 Å². The van der Waals surface area contributed by atoms with Crippen LogP contribution in [-0.2, 0) is 19.6 Å². The van der Waals surface area contributed by atoms with Crippen LogP contribution < -0.4 is 4.72 Å². The van der Waals surface area contributed by atoms with Crippen molar-refractivity contribution in [3.63, 3.8) is 0 Å². The maximum absolute atomic E-state index is 13.1. The Hall–Kier alpha value is -2.55. The van der Waals surface area contributed by atoms with E-state index in [1.807, 2.05) is 30.3 Å². The third kappa shape index (κ3) is 5.26. The van der Waals surface area contributed by atoms with Crippen LogP contribution >= 0.6 is 0 Å². The third-order valence-corrected chi connectivity index (χ3v) is 7.25. The number of fused-ring (bicyclic) bond motifs is 3. The number of hydrogen-bond acceptors (Lipinski definition) is 5. The molecule has 0 amide bonds. The molecule has 3 fully saturated rings. The molecule has 8 heteroatoms. The number of rotatable bonds is 8. The van der Waals surface area contributed by atoms with E-state index in [-0.39, 0.29) is 17.8 Å². The molecule has 7 nitrogen and oxygen atoms in total. The highest BCUT2D eigenvalue weighted by Gasteiger charge is 2.49. The standard InChI is InChI=1S/C24H29N2O5S/c1-32(29,30)25-23(20-10-6-3-7-11-20)24(28)31-22-17-26(14-12-19(22)13-15-26)16-21(27)18-8-4-2-5-9-18/h2-11,19,22-23,25H,12-17H2,1H3/q+1/t19?,22-,23?,26?/m0/s1. The van der Waals surface area contributed by atoms with E-state index in [0.717, 1.165) is 32.2 Å². The van der Waals surface area contributed by atoms with Crippen LogP contribution in [0.4, 0.5) is 0 Å². The largest absolute Gasteiger partial charge is 0.455 e. The number of quaternary nitrogens is 1. The van der Waals surface area contributed by atoms with Gasteiger partial charge >= 0.3 is 5.97 Å². The lowest BCUT2D eigenvalue weighted by atomic mass is 9.82. The molecule has 3 saturated heterocycles. The van der Waals surface area contributed by atoms with E-state index in [9.17, 15) is 18.0 Å². The van der Waals surface area contributed by atoms with E-state index < -0.39 is 22.0 Å². The monoisotopic (exact) mass is 457 g/mol. The summed E-state index contributed by atoms with van der Waals surface area (Å²) in [5, 5.41) is 0. The molecule has 3 aliphatic rings. The van der Waals surface area contributed by atoms with Crippen molar-refractivity contribution in [2.45, 2.75) is 25.0 Å². The summed E-state index contributed by atoms with van der Waals surface area (Å²) in [6.07, 6.45) is 2.46. The predicted octanol–water partition coefficient (Wildman–Crippen LogP) is 2.31. The number of esters is 1. The molecule has 0 radical (unpaired) electrons. The fourth-order valence-electron chi connectivity index (χ4n) is 4.93. The van der Waals surface area contributed by atoms with Crippen LogP contribution in [0.2, 0.25) is 0 Å². The zero-order valence-electron chi connectivity index (χ0n) is 18.1. The first-order valence-corrected chi connectivity index (χ1v) is 12.8. The molecule has 2 aromatic carbocycles. The quantitative estimate of drug-likeness (QED) is 0.373. The van der Waals surface area contributed by atoms with Crippen LogP contribution in [0.15, 0.2) is 60.7 Å². The van der Waals surface area contributed by atoms with Crippen molar-refractivity contribution in [2.75, 3.05) is 32.4 Å². The first-order valence-electron chi connectivity index (χ1n) is 10.9. The van der Waals surface area contributed by atoms with Gasteiger partial charge in [-0.15, -0.1) is 0 Å². The highest BCUT2D eigenvalue weighted by atomic mass is 32.2. The predicted molar refractivity (Wildman–Crippen MR) is 120 cm³/mol. The van der Waals surface area contributed by atoms with Crippen LogP contribution in [0.1, 0.15) is 34.8 Å². The van der Waals surface area contributed by atoms with Crippen molar-refractivity contribution in [3.8, 4) is 0 Å². The van der Waals surface area contributed by atoms with Crippen molar-refractivity contribution in [3.05, 3.63) is 71.8 Å². The summed E-state index contributed by atoms with van der Waals surface area (Å²) >= 11 is 0. The SMILES string of the molecule is CS(=O)(=O)NC(C(=O)O[C@H]1C[N+]2(CC(=O)c3ccccc3)CCC1CC2)c1ccccc1. The summed E-state index contributed by atoms with van der Waals surface area (Å²) in [5.41, 5.74) is 1.23. The van der Waals surface area contributed by atoms with Crippen LogP contribution in [0.25, 0.3) is 0 Å². The minimum Gasteiger partial charge on any atom is -0.455 e. The number of Topliss-reactive ketones (excluding diaryl/α,β-unsaturated/α-hetero) is 1. The molecule has 1 N–H and O–H groups in total. The van der Waals surface area contributed by atoms with Gasteiger partial charge in [0, 0.05) is 24.3 Å². The van der Waals surface area contributed by atoms with Gasteiger partial charge in [-0.3, -0.25) is 4.79 Å². The molecule has 2 aromatic rings. The first kappa shape index (κ1) is 22.6. The topological polar surface area (TPSA) is 89.5 Å². The van der Waals surface area contributed by atoms with Gasteiger partial charge in [0.1, 0.15) is 19.1 Å². The maximum atomic E-state index is 13.1. The van der Waals surface area contributed by atoms with Gasteiger partial charge in [0.05, 0.1) is 19.3 Å². The lowest BCUT2D eigenvalue weighted by Gasteiger charge is -2.51. The Morgan fingerprint density at radius 1 is 1.03 bits per heavy atom. The number of carbonyl (C=O) groups excluding carboxylic acids is 2. The molecule has 32 heavy (non-hydrogen) atoms. The number of benzene rings is 2. The third-order valence-electron chi connectivity index (χ3n) is 6.58. The van der Waals surface area contributed by atoms with Crippen LogP contribution in [0, 0.1) is 5.92 Å². The smallest absolute Gasteiger partial charge is 0.329 e. The molecule has 2 atom stereocenters. The highest BCUT2D eigenvalue weighted by molar-refractivity contribution is 7.88.